The first kappa shape index (κ1) is 23.1. The lowest BCUT2D eigenvalue weighted by Crippen LogP contribution is -2.39. The van der Waals surface area contributed by atoms with Gasteiger partial charge in [-0.05, 0) is 55.9 Å². The van der Waals surface area contributed by atoms with Gasteiger partial charge in [0.1, 0.15) is 0 Å². The quantitative estimate of drug-likeness (QED) is 0.466. The number of nitrogens with zero attached hydrogens (tertiary/aromatic N) is 4. The molecule has 0 spiro atoms. The summed E-state index contributed by atoms with van der Waals surface area (Å²) in [5, 5.41) is 0.645. The molecule has 33 heavy (non-hydrogen) atoms. The first-order valence-corrected chi connectivity index (χ1v) is 12.1. The van der Waals surface area contributed by atoms with Crippen LogP contribution in [0.15, 0.2) is 42.5 Å². The van der Waals surface area contributed by atoms with Crippen LogP contribution in [-0.2, 0) is 9.59 Å². The van der Waals surface area contributed by atoms with Crippen LogP contribution in [0.5, 0.6) is 0 Å². The second kappa shape index (κ2) is 9.80. The molecule has 1 saturated heterocycles. The number of hydrogen-bond acceptors (Lipinski definition) is 6. The van der Waals surface area contributed by atoms with Crippen LogP contribution in [0.25, 0.3) is 10.2 Å². The van der Waals surface area contributed by atoms with Crippen LogP contribution >= 0.6 is 11.3 Å². The Kier molecular flexibility index (Phi) is 6.85. The molecule has 0 saturated carbocycles. The topological polar surface area (TPSA) is 73.8 Å². The molecule has 4 rings (SSSR count). The zero-order valence-corrected chi connectivity index (χ0v) is 20.0. The fraction of sp³-hybridized carbons (Fsp3) is 0.360. The normalized spacial score (nSPS) is 14.0. The van der Waals surface area contributed by atoms with Crippen LogP contribution < -0.4 is 9.80 Å². The molecule has 2 aromatic carbocycles. The van der Waals surface area contributed by atoms with E-state index in [1.807, 2.05) is 19.1 Å². The number of benzene rings is 2. The molecule has 8 heteroatoms. The van der Waals surface area contributed by atoms with Gasteiger partial charge in [0.2, 0.25) is 11.8 Å². The monoisotopic (exact) mass is 464 g/mol. The summed E-state index contributed by atoms with van der Waals surface area (Å²) in [5.74, 6) is -0.659. The van der Waals surface area contributed by atoms with Crippen molar-refractivity contribution < 1.29 is 14.4 Å². The standard InChI is InChI=1S/C25H28N4O3S/c1-4-27(5-2)13-14-28(25-26-20-10-9-17(3)15-21(20)33-25)24(32)18-7-6-8-19(16-18)29-22(30)11-12-23(29)31/h6-10,15-16H,4-5,11-14H2,1-3H3. The number of rotatable bonds is 8. The Morgan fingerprint density at radius 3 is 2.45 bits per heavy atom. The van der Waals surface area contributed by atoms with Gasteiger partial charge in [0.05, 0.1) is 15.9 Å². The van der Waals surface area contributed by atoms with Crippen LogP contribution in [0.1, 0.15) is 42.6 Å². The lowest BCUT2D eigenvalue weighted by Gasteiger charge is -2.25. The molecule has 0 aliphatic carbocycles. The smallest absolute Gasteiger partial charge is 0.260 e. The van der Waals surface area contributed by atoms with Gasteiger partial charge in [-0.25, -0.2) is 4.98 Å². The maximum atomic E-state index is 13.7. The van der Waals surface area contributed by atoms with Gasteiger partial charge in [-0.2, -0.15) is 0 Å². The summed E-state index contributed by atoms with van der Waals surface area (Å²) in [6.45, 7) is 9.24. The summed E-state index contributed by atoms with van der Waals surface area (Å²) in [4.78, 5) is 48.0. The van der Waals surface area contributed by atoms with Gasteiger partial charge in [-0.15, -0.1) is 0 Å². The Morgan fingerprint density at radius 1 is 1.03 bits per heavy atom. The molecular weight excluding hydrogens is 436 g/mol. The largest absolute Gasteiger partial charge is 0.302 e. The number of fused-ring (bicyclic) bond motifs is 1. The van der Waals surface area contributed by atoms with Gasteiger partial charge in [0, 0.05) is 31.5 Å². The number of carbonyl (C=O) groups is 3. The van der Waals surface area contributed by atoms with Crippen molar-refractivity contribution in [3.63, 3.8) is 0 Å². The Morgan fingerprint density at radius 2 is 1.76 bits per heavy atom. The predicted molar refractivity (Wildman–Crippen MR) is 132 cm³/mol. The van der Waals surface area contributed by atoms with E-state index in [1.54, 1.807) is 29.2 Å². The van der Waals surface area contributed by atoms with Crippen molar-refractivity contribution in [2.75, 3.05) is 36.0 Å². The molecule has 0 N–H and O–H groups in total. The Bertz CT molecular complexity index is 1190. The minimum Gasteiger partial charge on any atom is -0.302 e. The van der Waals surface area contributed by atoms with Gasteiger partial charge >= 0.3 is 0 Å². The van der Waals surface area contributed by atoms with E-state index < -0.39 is 0 Å². The van der Waals surface area contributed by atoms with E-state index in [4.69, 9.17) is 4.98 Å². The molecule has 1 aromatic heterocycles. The number of carbonyl (C=O) groups excluding carboxylic acids is 3. The molecule has 0 unspecified atom stereocenters. The third-order valence-electron chi connectivity index (χ3n) is 5.95. The van der Waals surface area contributed by atoms with E-state index in [9.17, 15) is 14.4 Å². The average molecular weight is 465 g/mol. The maximum absolute atomic E-state index is 13.7. The lowest BCUT2D eigenvalue weighted by molar-refractivity contribution is -0.121. The van der Waals surface area contributed by atoms with E-state index in [1.165, 1.54) is 16.2 Å². The van der Waals surface area contributed by atoms with Crippen molar-refractivity contribution in [1.29, 1.82) is 0 Å². The molecule has 0 atom stereocenters. The van der Waals surface area contributed by atoms with E-state index in [2.05, 4.69) is 24.8 Å². The van der Waals surface area contributed by atoms with Gasteiger partial charge in [-0.3, -0.25) is 24.2 Å². The van der Waals surface area contributed by atoms with Crippen molar-refractivity contribution in [2.45, 2.75) is 33.6 Å². The number of anilines is 2. The van der Waals surface area contributed by atoms with E-state index in [0.717, 1.165) is 35.4 Å². The van der Waals surface area contributed by atoms with Crippen LogP contribution in [0.2, 0.25) is 0 Å². The number of likely N-dealkylation sites (N-methyl/N-ethyl adjacent to an activating group) is 1. The van der Waals surface area contributed by atoms with E-state index in [0.29, 0.717) is 22.9 Å². The summed E-state index contributed by atoms with van der Waals surface area (Å²) in [6.07, 6.45) is 0.413. The number of thiazole rings is 1. The number of amides is 3. The summed E-state index contributed by atoms with van der Waals surface area (Å²) in [7, 11) is 0. The molecule has 0 bridgehead atoms. The zero-order chi connectivity index (χ0) is 23.5. The first-order valence-electron chi connectivity index (χ1n) is 11.3. The minimum atomic E-state index is -0.232. The van der Waals surface area contributed by atoms with Crippen LogP contribution in [0, 0.1) is 6.92 Å². The van der Waals surface area contributed by atoms with Crippen LogP contribution in [-0.4, -0.2) is 53.8 Å². The molecule has 3 amide bonds. The molecular formula is C25H28N4O3S. The first-order chi connectivity index (χ1) is 15.9. The molecule has 2 heterocycles. The molecule has 3 aromatic rings. The molecule has 7 nitrogen and oxygen atoms in total. The highest BCUT2D eigenvalue weighted by molar-refractivity contribution is 7.22. The van der Waals surface area contributed by atoms with Crippen molar-refractivity contribution >= 4 is 50.1 Å². The number of hydrogen-bond donors (Lipinski definition) is 0. The van der Waals surface area contributed by atoms with Gasteiger partial charge in [-0.1, -0.05) is 37.3 Å². The number of aromatic nitrogens is 1. The van der Waals surface area contributed by atoms with Crippen molar-refractivity contribution in [1.82, 2.24) is 9.88 Å². The lowest BCUT2D eigenvalue weighted by atomic mass is 10.1. The van der Waals surface area contributed by atoms with E-state index in [-0.39, 0.29) is 30.6 Å². The molecule has 1 aliphatic heterocycles. The second-order valence-corrected chi connectivity index (χ2v) is 9.13. The highest BCUT2D eigenvalue weighted by Gasteiger charge is 2.31. The van der Waals surface area contributed by atoms with Gasteiger partial charge < -0.3 is 4.90 Å². The summed E-state index contributed by atoms with van der Waals surface area (Å²) in [5.41, 5.74) is 2.88. The third kappa shape index (κ3) is 4.82. The van der Waals surface area contributed by atoms with E-state index >= 15 is 0 Å². The zero-order valence-electron chi connectivity index (χ0n) is 19.2. The maximum Gasteiger partial charge on any atom is 0.260 e. The Labute approximate surface area is 197 Å². The highest BCUT2D eigenvalue weighted by atomic mass is 32.1. The number of imide groups is 1. The Balaban J connectivity index is 1.68. The highest BCUT2D eigenvalue weighted by Crippen LogP contribution is 2.31. The summed E-state index contributed by atoms with van der Waals surface area (Å²) < 4.78 is 1.03. The minimum absolute atomic E-state index is 0.195. The third-order valence-corrected chi connectivity index (χ3v) is 6.99. The van der Waals surface area contributed by atoms with Crippen molar-refractivity contribution in [3.05, 3.63) is 53.6 Å². The van der Waals surface area contributed by atoms with Gasteiger partial charge in [0.25, 0.3) is 5.91 Å². The molecule has 0 radical (unpaired) electrons. The van der Waals surface area contributed by atoms with Crippen molar-refractivity contribution in [3.8, 4) is 0 Å². The summed E-state index contributed by atoms with van der Waals surface area (Å²) in [6, 6.07) is 12.8. The van der Waals surface area contributed by atoms with Gasteiger partial charge in [0.15, 0.2) is 5.13 Å². The SMILES string of the molecule is CCN(CC)CCN(C(=O)c1cccc(N2C(=O)CCC2=O)c1)c1nc2ccc(C)cc2s1. The Hall–Kier alpha value is -3.10. The number of aryl methyl sites for hydroxylation is 1. The molecule has 172 valence electrons. The van der Waals surface area contributed by atoms with Crippen LogP contribution in [0.4, 0.5) is 10.8 Å². The second-order valence-electron chi connectivity index (χ2n) is 8.12. The molecule has 1 fully saturated rings. The summed E-state index contributed by atoms with van der Waals surface area (Å²) >= 11 is 1.50. The fourth-order valence-corrected chi connectivity index (χ4v) is 5.09. The average Bonchev–Trinajstić information content (AvgIpc) is 3.38. The molecule has 1 aliphatic rings. The van der Waals surface area contributed by atoms with Crippen molar-refractivity contribution in [2.24, 2.45) is 0 Å². The predicted octanol–water partition coefficient (Wildman–Crippen LogP) is 4.25. The fourth-order valence-electron chi connectivity index (χ4n) is 4.00. The van der Waals surface area contributed by atoms with Crippen LogP contribution in [0.3, 0.4) is 0 Å².